The second-order valence-electron chi connectivity index (χ2n) is 8.98. The first-order valence-corrected chi connectivity index (χ1v) is 13.0. The van der Waals surface area contributed by atoms with Gasteiger partial charge < -0.3 is 9.80 Å². The van der Waals surface area contributed by atoms with Crippen molar-refractivity contribution in [3.8, 4) is 0 Å². The van der Waals surface area contributed by atoms with Gasteiger partial charge in [-0.15, -0.1) is 0 Å². The Morgan fingerprint density at radius 2 is 1.74 bits per heavy atom. The summed E-state index contributed by atoms with van der Waals surface area (Å²) in [5.74, 6) is 1.02. The molecule has 6 nitrogen and oxygen atoms in total. The zero-order chi connectivity index (χ0) is 23.9. The average molecular weight is 498 g/mol. The predicted octanol–water partition coefficient (Wildman–Crippen LogP) is 4.73. The molecular formula is C26H32ClN5OS. The Hall–Kier alpha value is -2.48. The molecule has 2 aromatic carbocycles. The summed E-state index contributed by atoms with van der Waals surface area (Å²) >= 11 is 7.39. The van der Waals surface area contributed by atoms with E-state index in [0.29, 0.717) is 19.4 Å². The maximum Gasteiger partial charge on any atom is 0.224 e. The Bertz CT molecular complexity index is 1050. The van der Waals surface area contributed by atoms with Crippen molar-refractivity contribution in [1.29, 1.82) is 0 Å². The highest BCUT2D eigenvalue weighted by Gasteiger charge is 2.23. The van der Waals surface area contributed by atoms with Gasteiger partial charge in [-0.2, -0.15) is 4.37 Å². The third-order valence-corrected chi connectivity index (χ3v) is 7.19. The van der Waals surface area contributed by atoms with Gasteiger partial charge in [-0.25, -0.2) is 4.98 Å². The van der Waals surface area contributed by atoms with Crippen LogP contribution in [0.25, 0.3) is 0 Å². The number of carbonyl (C=O) groups excluding carboxylic acids is 1. The lowest BCUT2D eigenvalue weighted by molar-refractivity contribution is -0.132. The number of halogens is 1. The van der Waals surface area contributed by atoms with E-state index in [2.05, 4.69) is 52.3 Å². The highest BCUT2D eigenvalue weighted by molar-refractivity contribution is 7.09. The van der Waals surface area contributed by atoms with Gasteiger partial charge in [0, 0.05) is 74.7 Å². The van der Waals surface area contributed by atoms with Crippen LogP contribution in [0.15, 0.2) is 54.6 Å². The minimum atomic E-state index is 0.218. The maximum absolute atomic E-state index is 12.9. The monoisotopic (exact) mass is 497 g/mol. The number of hydrogen-bond acceptors (Lipinski definition) is 6. The van der Waals surface area contributed by atoms with Gasteiger partial charge in [0.15, 0.2) is 0 Å². The Morgan fingerprint density at radius 1 is 1.03 bits per heavy atom. The maximum atomic E-state index is 12.9. The van der Waals surface area contributed by atoms with Crippen molar-refractivity contribution in [2.24, 2.45) is 0 Å². The zero-order valence-corrected chi connectivity index (χ0v) is 21.4. The Kier molecular flexibility index (Phi) is 8.53. The standard InChI is InChI=1S/C26H32ClN5OS/c1-20(2)32(26-28-24(29-34-26)18-21-8-10-23(27)11-9-21)13-12-25(33)31-16-14-30(15-17-31)19-22-6-4-3-5-7-22/h3-11,20H,12-19H2,1-2H3. The van der Waals surface area contributed by atoms with E-state index in [1.807, 2.05) is 35.2 Å². The van der Waals surface area contributed by atoms with Crippen molar-refractivity contribution in [1.82, 2.24) is 19.2 Å². The van der Waals surface area contributed by atoms with Crippen LogP contribution >= 0.6 is 23.1 Å². The molecule has 0 saturated carbocycles. The number of anilines is 1. The van der Waals surface area contributed by atoms with Crippen LogP contribution in [0.3, 0.4) is 0 Å². The van der Waals surface area contributed by atoms with Crippen LogP contribution in [-0.4, -0.2) is 63.8 Å². The summed E-state index contributed by atoms with van der Waals surface area (Å²) in [6.07, 6.45) is 1.16. The molecule has 1 aliphatic rings. The summed E-state index contributed by atoms with van der Waals surface area (Å²) in [5, 5.41) is 1.60. The van der Waals surface area contributed by atoms with Crippen LogP contribution in [-0.2, 0) is 17.8 Å². The van der Waals surface area contributed by atoms with Crippen LogP contribution in [0.4, 0.5) is 5.13 Å². The van der Waals surface area contributed by atoms with Gasteiger partial charge in [0.05, 0.1) is 0 Å². The van der Waals surface area contributed by atoms with Crippen LogP contribution in [0.2, 0.25) is 5.02 Å². The number of rotatable bonds is 9. The molecule has 0 bridgehead atoms. The van der Waals surface area contributed by atoms with Crippen LogP contribution < -0.4 is 4.90 Å². The van der Waals surface area contributed by atoms with Crippen LogP contribution in [0.1, 0.15) is 37.2 Å². The Balaban J connectivity index is 1.27. The number of nitrogens with zero attached hydrogens (tertiary/aromatic N) is 5. The molecule has 1 amide bonds. The zero-order valence-electron chi connectivity index (χ0n) is 19.9. The fraction of sp³-hybridized carbons (Fsp3) is 0.423. The summed E-state index contributed by atoms with van der Waals surface area (Å²) in [6, 6.07) is 18.5. The predicted molar refractivity (Wildman–Crippen MR) is 140 cm³/mol. The second kappa shape index (κ2) is 11.8. The van der Waals surface area contributed by atoms with Gasteiger partial charge in [0.25, 0.3) is 0 Å². The van der Waals surface area contributed by atoms with Crippen molar-refractivity contribution in [3.05, 3.63) is 76.6 Å². The van der Waals surface area contributed by atoms with E-state index in [0.717, 1.165) is 54.3 Å². The number of piperazine rings is 1. The lowest BCUT2D eigenvalue weighted by atomic mass is 10.1. The Morgan fingerprint density at radius 3 is 2.41 bits per heavy atom. The van der Waals surface area contributed by atoms with Crippen molar-refractivity contribution in [3.63, 3.8) is 0 Å². The third-order valence-electron chi connectivity index (χ3n) is 6.14. The molecular weight excluding hydrogens is 466 g/mol. The summed E-state index contributed by atoms with van der Waals surface area (Å²) in [6.45, 7) is 9.27. The summed E-state index contributed by atoms with van der Waals surface area (Å²) in [5.41, 5.74) is 2.45. The number of aromatic nitrogens is 2. The summed E-state index contributed by atoms with van der Waals surface area (Å²) in [7, 11) is 0. The molecule has 0 aliphatic carbocycles. The molecule has 0 unspecified atom stereocenters. The third kappa shape index (κ3) is 6.78. The summed E-state index contributed by atoms with van der Waals surface area (Å²) < 4.78 is 4.55. The van der Waals surface area contributed by atoms with E-state index < -0.39 is 0 Å². The molecule has 0 spiro atoms. The minimum Gasteiger partial charge on any atom is -0.344 e. The Labute approximate surface area is 211 Å². The average Bonchev–Trinajstić information content (AvgIpc) is 3.29. The van der Waals surface area contributed by atoms with Gasteiger partial charge in [0.2, 0.25) is 11.0 Å². The highest BCUT2D eigenvalue weighted by atomic mass is 35.5. The van der Waals surface area contributed by atoms with Gasteiger partial charge in [-0.05, 0) is 37.1 Å². The topological polar surface area (TPSA) is 52.6 Å². The number of carbonyl (C=O) groups is 1. The molecule has 0 atom stereocenters. The van der Waals surface area contributed by atoms with E-state index in [1.165, 1.54) is 17.1 Å². The highest BCUT2D eigenvalue weighted by Crippen LogP contribution is 2.22. The van der Waals surface area contributed by atoms with Gasteiger partial charge in [0.1, 0.15) is 5.82 Å². The van der Waals surface area contributed by atoms with Gasteiger partial charge in [-0.1, -0.05) is 54.1 Å². The molecule has 1 fully saturated rings. The molecule has 1 saturated heterocycles. The quantitative estimate of drug-likeness (QED) is 0.427. The largest absolute Gasteiger partial charge is 0.344 e. The first-order chi connectivity index (χ1) is 16.5. The first kappa shape index (κ1) is 24.6. The fourth-order valence-electron chi connectivity index (χ4n) is 4.16. The number of hydrogen-bond donors (Lipinski definition) is 0. The fourth-order valence-corrected chi connectivity index (χ4v) is 5.14. The molecule has 1 aliphatic heterocycles. The van der Waals surface area contributed by atoms with E-state index in [-0.39, 0.29) is 11.9 Å². The molecule has 34 heavy (non-hydrogen) atoms. The molecule has 1 aromatic heterocycles. The normalized spacial score (nSPS) is 14.5. The van der Waals surface area contributed by atoms with E-state index >= 15 is 0 Å². The van der Waals surface area contributed by atoms with E-state index in [4.69, 9.17) is 16.6 Å². The van der Waals surface area contributed by atoms with E-state index in [9.17, 15) is 4.79 Å². The SMILES string of the molecule is CC(C)N(CCC(=O)N1CCN(Cc2ccccc2)CC1)c1nc(Cc2ccc(Cl)cc2)ns1. The molecule has 2 heterocycles. The molecule has 0 radical (unpaired) electrons. The number of benzene rings is 2. The second-order valence-corrected chi connectivity index (χ2v) is 10.1. The van der Waals surface area contributed by atoms with Crippen molar-refractivity contribution >= 4 is 34.2 Å². The van der Waals surface area contributed by atoms with Crippen LogP contribution in [0, 0.1) is 0 Å². The molecule has 4 rings (SSSR count). The molecule has 8 heteroatoms. The van der Waals surface area contributed by atoms with Crippen molar-refractivity contribution in [2.45, 2.75) is 39.3 Å². The molecule has 3 aromatic rings. The van der Waals surface area contributed by atoms with Crippen LogP contribution in [0.5, 0.6) is 0 Å². The lowest BCUT2D eigenvalue weighted by Crippen LogP contribution is -2.49. The van der Waals surface area contributed by atoms with Gasteiger partial charge >= 0.3 is 0 Å². The summed E-state index contributed by atoms with van der Waals surface area (Å²) in [4.78, 5) is 24.3. The number of amides is 1. The smallest absolute Gasteiger partial charge is 0.224 e. The van der Waals surface area contributed by atoms with Crippen molar-refractivity contribution in [2.75, 3.05) is 37.6 Å². The van der Waals surface area contributed by atoms with Gasteiger partial charge in [-0.3, -0.25) is 9.69 Å². The minimum absolute atomic E-state index is 0.218. The molecule has 0 N–H and O–H groups in total. The van der Waals surface area contributed by atoms with E-state index in [1.54, 1.807) is 0 Å². The lowest BCUT2D eigenvalue weighted by Gasteiger charge is -2.35. The molecule has 180 valence electrons. The first-order valence-electron chi connectivity index (χ1n) is 11.9. The van der Waals surface area contributed by atoms with Crippen molar-refractivity contribution < 1.29 is 4.79 Å².